The first-order chi connectivity index (χ1) is 20.8. The van der Waals surface area contributed by atoms with E-state index in [0.29, 0.717) is 25.3 Å². The Hall–Kier alpha value is -3.40. The van der Waals surface area contributed by atoms with Gasteiger partial charge in [-0.3, -0.25) is 14.5 Å². The molecule has 3 aliphatic heterocycles. The van der Waals surface area contributed by atoms with Crippen molar-refractivity contribution in [3.8, 4) is 11.1 Å². The van der Waals surface area contributed by atoms with Crippen LogP contribution in [0.15, 0.2) is 42.6 Å². The van der Waals surface area contributed by atoms with Gasteiger partial charge in [0.05, 0.1) is 37.9 Å². The number of carbonyl (C=O) groups is 2. The first kappa shape index (κ1) is 29.7. The Labute approximate surface area is 254 Å². The Morgan fingerprint density at radius 1 is 1.02 bits per heavy atom. The van der Waals surface area contributed by atoms with Gasteiger partial charge in [0.1, 0.15) is 0 Å². The maximum atomic E-state index is 13.9. The molecule has 0 saturated carbocycles. The Kier molecular flexibility index (Phi) is 8.75. The zero-order valence-electron chi connectivity index (χ0n) is 25.9. The Morgan fingerprint density at radius 2 is 1.70 bits per heavy atom. The molecule has 3 fully saturated rings. The highest BCUT2D eigenvalue weighted by atomic mass is 16.5. The van der Waals surface area contributed by atoms with Crippen molar-refractivity contribution in [1.82, 2.24) is 19.9 Å². The van der Waals surface area contributed by atoms with Crippen LogP contribution in [0.25, 0.3) is 16.6 Å². The topological polar surface area (TPSA) is 87.5 Å². The molecule has 6 rings (SSSR count). The van der Waals surface area contributed by atoms with Gasteiger partial charge in [0, 0.05) is 73.5 Å². The van der Waals surface area contributed by atoms with Gasteiger partial charge in [0.15, 0.2) is 0 Å². The van der Waals surface area contributed by atoms with Crippen molar-refractivity contribution < 1.29 is 19.1 Å². The Morgan fingerprint density at radius 3 is 2.37 bits per heavy atom. The van der Waals surface area contributed by atoms with E-state index >= 15 is 0 Å². The van der Waals surface area contributed by atoms with Gasteiger partial charge in [-0.15, -0.1) is 0 Å². The van der Waals surface area contributed by atoms with Crippen LogP contribution in [0.4, 0.5) is 5.69 Å². The van der Waals surface area contributed by atoms with Gasteiger partial charge in [-0.25, -0.2) is 0 Å². The summed E-state index contributed by atoms with van der Waals surface area (Å²) in [5, 5.41) is 6.18. The molecule has 0 aliphatic carbocycles. The van der Waals surface area contributed by atoms with Crippen LogP contribution < -0.4 is 15.5 Å². The fourth-order valence-electron chi connectivity index (χ4n) is 7.15. The van der Waals surface area contributed by atoms with E-state index < -0.39 is 0 Å². The molecule has 9 heteroatoms. The number of hydrogen-bond acceptors (Lipinski definition) is 6. The molecule has 0 bridgehead atoms. The maximum Gasteiger partial charge on any atom is 0.251 e. The number of rotatable bonds is 7. The predicted octanol–water partition coefficient (Wildman–Crippen LogP) is 4.04. The van der Waals surface area contributed by atoms with Crippen molar-refractivity contribution in [2.75, 3.05) is 64.1 Å². The summed E-state index contributed by atoms with van der Waals surface area (Å²) in [6.07, 6.45) is 3.05. The number of nitrogens with zero attached hydrogens (tertiary/aromatic N) is 3. The SMILES string of the molecule is Cc1c(C(=O)NCC2C(=O)NC(C)CC2C)cc2c(-c3ccc(N4CCOCC4)cc3)ccn2c1C(C)N1CCOCC1. The van der Waals surface area contributed by atoms with E-state index in [2.05, 4.69) is 82.1 Å². The number of piperidine rings is 1. The van der Waals surface area contributed by atoms with Gasteiger partial charge < -0.3 is 29.4 Å². The summed E-state index contributed by atoms with van der Waals surface area (Å²) in [5.74, 6) is -0.134. The lowest BCUT2D eigenvalue weighted by Crippen LogP contribution is -2.50. The molecule has 3 aromatic rings. The number of carbonyl (C=O) groups excluding carboxylic acids is 2. The molecule has 4 atom stereocenters. The highest BCUT2D eigenvalue weighted by molar-refractivity contribution is 5.99. The standard InChI is InChI=1S/C34H45N5O4/c1-22-19-23(2)36-34(41)30(22)21-35-33(40)29-20-31-28(26-5-7-27(8-6-26)38-13-17-43-18-14-38)9-10-39(31)32(24(29)3)25(4)37-11-15-42-16-12-37/h5-10,20,22-23,25,30H,11-19,21H2,1-4H3,(H,35,40)(H,36,41). The molecule has 4 unspecified atom stereocenters. The lowest BCUT2D eigenvalue weighted by atomic mass is 9.84. The third-order valence-corrected chi connectivity index (χ3v) is 9.66. The summed E-state index contributed by atoms with van der Waals surface area (Å²) in [4.78, 5) is 31.4. The van der Waals surface area contributed by atoms with Crippen LogP contribution in [0.3, 0.4) is 0 Å². The number of pyridine rings is 1. The molecule has 230 valence electrons. The molecule has 9 nitrogen and oxygen atoms in total. The number of hydrogen-bond donors (Lipinski definition) is 2. The third kappa shape index (κ3) is 6.03. The molecule has 2 N–H and O–H groups in total. The van der Waals surface area contributed by atoms with Crippen LogP contribution in [0.1, 0.15) is 54.8 Å². The molecular formula is C34H45N5O4. The number of fused-ring (bicyclic) bond motifs is 1. The largest absolute Gasteiger partial charge is 0.379 e. The van der Waals surface area contributed by atoms with Gasteiger partial charge in [-0.2, -0.15) is 0 Å². The van der Waals surface area contributed by atoms with Crippen molar-refractivity contribution in [2.45, 2.75) is 46.2 Å². The minimum atomic E-state index is -0.232. The van der Waals surface area contributed by atoms with Gasteiger partial charge in [-0.1, -0.05) is 19.1 Å². The number of morpholine rings is 2. The van der Waals surface area contributed by atoms with Gasteiger partial charge in [-0.05, 0) is 68.5 Å². The average molecular weight is 588 g/mol. The number of ether oxygens (including phenoxy) is 2. The van der Waals surface area contributed by atoms with E-state index in [1.54, 1.807) is 0 Å². The molecule has 2 amide bonds. The second-order valence-corrected chi connectivity index (χ2v) is 12.5. The highest BCUT2D eigenvalue weighted by Gasteiger charge is 2.33. The van der Waals surface area contributed by atoms with Gasteiger partial charge in [0.25, 0.3) is 5.91 Å². The first-order valence-electron chi connectivity index (χ1n) is 15.8. The van der Waals surface area contributed by atoms with Crippen LogP contribution >= 0.6 is 0 Å². The van der Waals surface area contributed by atoms with Crippen LogP contribution in [0.2, 0.25) is 0 Å². The normalized spacial score (nSPS) is 24.1. The molecule has 3 aliphatic rings. The summed E-state index contributed by atoms with van der Waals surface area (Å²) >= 11 is 0. The molecular weight excluding hydrogens is 542 g/mol. The Bertz CT molecular complexity index is 1460. The lowest BCUT2D eigenvalue weighted by molar-refractivity contribution is -0.129. The van der Waals surface area contributed by atoms with Crippen LogP contribution in [0.5, 0.6) is 0 Å². The molecule has 3 saturated heterocycles. The van der Waals surface area contributed by atoms with Crippen LogP contribution in [0, 0.1) is 18.8 Å². The van der Waals surface area contributed by atoms with Crippen molar-refractivity contribution >= 4 is 23.0 Å². The van der Waals surface area contributed by atoms with E-state index in [9.17, 15) is 9.59 Å². The zero-order chi connectivity index (χ0) is 30.1. The molecule has 5 heterocycles. The quantitative estimate of drug-likeness (QED) is 0.434. The molecule has 0 spiro atoms. The molecule has 2 aromatic heterocycles. The molecule has 0 radical (unpaired) electrons. The van der Waals surface area contributed by atoms with Crippen LogP contribution in [-0.2, 0) is 14.3 Å². The second-order valence-electron chi connectivity index (χ2n) is 12.5. The first-order valence-corrected chi connectivity index (χ1v) is 15.8. The van der Waals surface area contributed by atoms with E-state index in [1.807, 2.05) is 13.0 Å². The smallest absolute Gasteiger partial charge is 0.251 e. The fraction of sp³-hybridized carbons (Fsp3) is 0.529. The second kappa shape index (κ2) is 12.7. The van der Waals surface area contributed by atoms with Crippen molar-refractivity contribution in [1.29, 1.82) is 0 Å². The minimum Gasteiger partial charge on any atom is -0.379 e. The number of benzene rings is 1. The number of aromatic nitrogens is 1. The van der Waals surface area contributed by atoms with E-state index in [-0.39, 0.29) is 35.7 Å². The Balaban J connectivity index is 1.35. The number of anilines is 1. The van der Waals surface area contributed by atoms with Crippen molar-refractivity contribution in [3.05, 3.63) is 59.4 Å². The number of amides is 2. The lowest BCUT2D eigenvalue weighted by Gasteiger charge is -2.34. The molecule has 43 heavy (non-hydrogen) atoms. The third-order valence-electron chi connectivity index (χ3n) is 9.66. The molecule has 1 aromatic carbocycles. The maximum absolute atomic E-state index is 13.9. The van der Waals surface area contributed by atoms with E-state index in [0.717, 1.165) is 73.7 Å². The number of nitrogens with one attached hydrogen (secondary N) is 2. The van der Waals surface area contributed by atoms with Crippen molar-refractivity contribution in [3.63, 3.8) is 0 Å². The monoisotopic (exact) mass is 587 g/mol. The minimum absolute atomic E-state index is 0.0229. The van der Waals surface area contributed by atoms with Crippen LogP contribution in [-0.4, -0.2) is 86.3 Å². The summed E-state index contributed by atoms with van der Waals surface area (Å²) in [6.45, 7) is 15.2. The van der Waals surface area contributed by atoms with Gasteiger partial charge in [0.2, 0.25) is 5.91 Å². The summed E-state index contributed by atoms with van der Waals surface area (Å²) in [6, 6.07) is 13.2. The van der Waals surface area contributed by atoms with Crippen molar-refractivity contribution in [2.24, 2.45) is 11.8 Å². The fourth-order valence-corrected chi connectivity index (χ4v) is 7.15. The highest BCUT2D eigenvalue weighted by Crippen LogP contribution is 2.35. The average Bonchev–Trinajstić information content (AvgIpc) is 3.44. The summed E-state index contributed by atoms with van der Waals surface area (Å²) < 4.78 is 13.4. The predicted molar refractivity (Wildman–Crippen MR) is 169 cm³/mol. The zero-order valence-corrected chi connectivity index (χ0v) is 25.9. The van der Waals surface area contributed by atoms with E-state index in [1.165, 1.54) is 5.69 Å². The summed E-state index contributed by atoms with van der Waals surface area (Å²) in [5.41, 5.74) is 7.13. The van der Waals surface area contributed by atoms with Gasteiger partial charge >= 0.3 is 0 Å². The van der Waals surface area contributed by atoms with E-state index in [4.69, 9.17) is 9.47 Å². The summed E-state index contributed by atoms with van der Waals surface area (Å²) in [7, 11) is 0.